The van der Waals surface area contributed by atoms with Gasteiger partial charge in [-0.1, -0.05) is 54.6 Å². The first-order valence-electron chi connectivity index (χ1n) is 8.40. The van der Waals surface area contributed by atoms with E-state index < -0.39 is 0 Å². The molecule has 2 aromatic heterocycles. The van der Waals surface area contributed by atoms with Gasteiger partial charge in [0.2, 0.25) is 0 Å². The Kier molecular flexibility index (Phi) is 3.14. The molecule has 0 bridgehead atoms. The lowest BCUT2D eigenvalue weighted by Crippen LogP contribution is -1.97. The molecular formula is C23H16N2. The summed E-state index contributed by atoms with van der Waals surface area (Å²) in [4.78, 5) is 4.31. The van der Waals surface area contributed by atoms with E-state index in [0.29, 0.717) is 0 Å². The highest BCUT2D eigenvalue weighted by Crippen LogP contribution is 2.32. The third-order valence-corrected chi connectivity index (χ3v) is 4.66. The zero-order valence-corrected chi connectivity index (χ0v) is 13.6. The number of rotatable bonds is 2. The maximum atomic E-state index is 4.31. The zero-order chi connectivity index (χ0) is 16.6. The number of fused-ring (bicyclic) bond motifs is 2. The van der Waals surface area contributed by atoms with Crippen LogP contribution in [0, 0.1) is 0 Å². The van der Waals surface area contributed by atoms with Crippen molar-refractivity contribution < 1.29 is 0 Å². The highest BCUT2D eigenvalue weighted by Gasteiger charge is 2.12. The van der Waals surface area contributed by atoms with Crippen LogP contribution in [-0.2, 0) is 0 Å². The number of hydrogen-bond acceptors (Lipinski definition) is 1. The Hall–Kier alpha value is -3.39. The van der Waals surface area contributed by atoms with E-state index in [-0.39, 0.29) is 0 Å². The Morgan fingerprint density at radius 2 is 1.44 bits per heavy atom. The molecule has 0 fully saturated rings. The van der Waals surface area contributed by atoms with Crippen LogP contribution < -0.4 is 0 Å². The summed E-state index contributed by atoms with van der Waals surface area (Å²) in [6.07, 6.45) is 3.72. The lowest BCUT2D eigenvalue weighted by Gasteiger charge is -2.11. The van der Waals surface area contributed by atoms with Crippen LogP contribution in [0.25, 0.3) is 38.6 Å². The number of para-hydroxylation sites is 1. The Bertz CT molecular complexity index is 1190. The Morgan fingerprint density at radius 3 is 2.28 bits per heavy atom. The molecule has 0 saturated carbocycles. The number of pyridine rings is 1. The molecule has 0 amide bonds. The van der Waals surface area contributed by atoms with Crippen molar-refractivity contribution in [1.82, 2.24) is 9.55 Å². The van der Waals surface area contributed by atoms with E-state index in [1.54, 1.807) is 0 Å². The minimum Gasteiger partial charge on any atom is -0.308 e. The average Bonchev–Trinajstić information content (AvgIpc) is 3.08. The largest absolute Gasteiger partial charge is 0.308 e. The van der Waals surface area contributed by atoms with Gasteiger partial charge in [-0.2, -0.15) is 0 Å². The Balaban J connectivity index is 1.83. The summed E-state index contributed by atoms with van der Waals surface area (Å²) in [6.45, 7) is 0. The summed E-state index contributed by atoms with van der Waals surface area (Å²) in [5.74, 6) is 0. The van der Waals surface area contributed by atoms with Crippen LogP contribution in [0.4, 0.5) is 0 Å². The van der Waals surface area contributed by atoms with Crippen LogP contribution in [0.3, 0.4) is 0 Å². The van der Waals surface area contributed by atoms with Crippen LogP contribution >= 0.6 is 0 Å². The second-order valence-corrected chi connectivity index (χ2v) is 6.20. The first-order chi connectivity index (χ1) is 12.4. The summed E-state index contributed by atoms with van der Waals surface area (Å²) in [5, 5.41) is 3.74. The first-order valence-corrected chi connectivity index (χ1v) is 8.40. The second kappa shape index (κ2) is 5.60. The molecule has 0 aliphatic heterocycles. The maximum Gasteiger partial charge on any atom is 0.0645 e. The molecule has 2 heteroatoms. The SMILES string of the molecule is c1cncc(-n2c(-c3ccc4ccccc4c3)cc3ccccc32)c1. The van der Waals surface area contributed by atoms with Gasteiger partial charge >= 0.3 is 0 Å². The Labute approximate surface area is 146 Å². The van der Waals surface area contributed by atoms with Gasteiger partial charge in [-0.05, 0) is 46.7 Å². The van der Waals surface area contributed by atoms with Gasteiger partial charge in [-0.3, -0.25) is 4.98 Å². The molecule has 0 N–H and O–H groups in total. The van der Waals surface area contributed by atoms with Gasteiger partial charge in [0, 0.05) is 11.6 Å². The summed E-state index contributed by atoms with van der Waals surface area (Å²) in [6, 6.07) is 29.9. The van der Waals surface area contributed by atoms with Crippen LogP contribution in [0.15, 0.2) is 97.3 Å². The predicted molar refractivity (Wildman–Crippen MR) is 104 cm³/mol. The molecule has 0 saturated heterocycles. The number of aromatic nitrogens is 2. The van der Waals surface area contributed by atoms with Gasteiger partial charge in [0.15, 0.2) is 0 Å². The molecule has 118 valence electrons. The van der Waals surface area contributed by atoms with Crippen molar-refractivity contribution in [2.75, 3.05) is 0 Å². The molecule has 2 nitrogen and oxygen atoms in total. The van der Waals surface area contributed by atoms with E-state index in [1.165, 1.54) is 32.9 Å². The van der Waals surface area contributed by atoms with E-state index in [9.17, 15) is 0 Å². The van der Waals surface area contributed by atoms with Gasteiger partial charge in [0.05, 0.1) is 23.1 Å². The average molecular weight is 320 g/mol. The van der Waals surface area contributed by atoms with Crippen molar-refractivity contribution >= 4 is 21.7 Å². The molecule has 0 spiro atoms. The number of hydrogen-bond donors (Lipinski definition) is 0. The normalized spacial score (nSPS) is 11.2. The summed E-state index contributed by atoms with van der Waals surface area (Å²) in [7, 11) is 0. The molecule has 2 heterocycles. The lowest BCUT2D eigenvalue weighted by atomic mass is 10.0. The molecule has 0 aliphatic carbocycles. The maximum absolute atomic E-state index is 4.31. The van der Waals surface area contributed by atoms with E-state index in [0.717, 1.165) is 5.69 Å². The van der Waals surface area contributed by atoms with Crippen molar-refractivity contribution in [3.63, 3.8) is 0 Å². The number of benzene rings is 3. The highest BCUT2D eigenvalue weighted by molar-refractivity contribution is 5.92. The van der Waals surface area contributed by atoms with Crippen molar-refractivity contribution in [3.8, 4) is 16.9 Å². The quantitative estimate of drug-likeness (QED) is 0.399. The van der Waals surface area contributed by atoms with Gasteiger partial charge in [0.25, 0.3) is 0 Å². The molecule has 0 aliphatic rings. The van der Waals surface area contributed by atoms with Gasteiger partial charge in [-0.25, -0.2) is 0 Å². The molecule has 5 rings (SSSR count). The molecule has 5 aromatic rings. The van der Waals surface area contributed by atoms with E-state index in [2.05, 4.69) is 88.4 Å². The summed E-state index contributed by atoms with van der Waals surface area (Å²) < 4.78 is 2.28. The molecule has 0 unspecified atom stereocenters. The fourth-order valence-electron chi connectivity index (χ4n) is 3.48. The standard InChI is InChI=1S/C23H16N2/c1-2-7-18-14-20(12-11-17(18)6-1)23-15-19-8-3-4-10-22(19)25(23)21-9-5-13-24-16-21/h1-16H. The zero-order valence-electron chi connectivity index (χ0n) is 13.6. The third kappa shape index (κ3) is 2.31. The van der Waals surface area contributed by atoms with Crippen LogP contribution in [-0.4, -0.2) is 9.55 Å². The van der Waals surface area contributed by atoms with Crippen LogP contribution in [0.2, 0.25) is 0 Å². The molecule has 25 heavy (non-hydrogen) atoms. The smallest absolute Gasteiger partial charge is 0.0645 e. The minimum absolute atomic E-state index is 1.08. The van der Waals surface area contributed by atoms with Crippen LogP contribution in [0.5, 0.6) is 0 Å². The van der Waals surface area contributed by atoms with Gasteiger partial charge in [0.1, 0.15) is 0 Å². The van der Waals surface area contributed by atoms with Gasteiger partial charge < -0.3 is 4.57 Å². The lowest BCUT2D eigenvalue weighted by molar-refractivity contribution is 1.11. The van der Waals surface area contributed by atoms with E-state index >= 15 is 0 Å². The van der Waals surface area contributed by atoms with Crippen molar-refractivity contribution in [2.45, 2.75) is 0 Å². The van der Waals surface area contributed by atoms with Gasteiger partial charge in [-0.15, -0.1) is 0 Å². The molecule has 3 aromatic carbocycles. The number of nitrogens with zero attached hydrogens (tertiary/aromatic N) is 2. The van der Waals surface area contributed by atoms with Crippen molar-refractivity contribution in [3.05, 3.63) is 97.3 Å². The third-order valence-electron chi connectivity index (χ3n) is 4.66. The molecule has 0 atom stereocenters. The topological polar surface area (TPSA) is 17.8 Å². The monoisotopic (exact) mass is 320 g/mol. The van der Waals surface area contributed by atoms with Crippen molar-refractivity contribution in [1.29, 1.82) is 0 Å². The van der Waals surface area contributed by atoms with Crippen molar-refractivity contribution in [2.24, 2.45) is 0 Å². The first kappa shape index (κ1) is 14.0. The molecule has 0 radical (unpaired) electrons. The highest BCUT2D eigenvalue weighted by atomic mass is 15.0. The summed E-state index contributed by atoms with van der Waals surface area (Å²) in [5.41, 5.74) is 4.66. The second-order valence-electron chi connectivity index (χ2n) is 6.20. The predicted octanol–water partition coefficient (Wildman–Crippen LogP) is 5.85. The van der Waals surface area contributed by atoms with E-state index in [4.69, 9.17) is 0 Å². The Morgan fingerprint density at radius 1 is 0.640 bits per heavy atom. The fraction of sp³-hybridized carbons (Fsp3) is 0. The van der Waals surface area contributed by atoms with Crippen LogP contribution in [0.1, 0.15) is 0 Å². The molecular weight excluding hydrogens is 304 g/mol. The summed E-state index contributed by atoms with van der Waals surface area (Å²) >= 11 is 0. The fourth-order valence-corrected chi connectivity index (χ4v) is 3.48. The minimum atomic E-state index is 1.08. The van der Waals surface area contributed by atoms with E-state index in [1.807, 2.05) is 18.5 Å².